The Morgan fingerprint density at radius 3 is 2.47 bits per heavy atom. The van der Waals surface area contributed by atoms with Crippen LogP contribution in [0.1, 0.15) is 134 Å². The van der Waals surface area contributed by atoms with Gasteiger partial charge in [-0.25, -0.2) is 18.2 Å². The molecule has 6 aliphatic rings. The number of rotatable bonds is 7. The normalized spacial score (nSPS) is 30.1. The molecule has 320 valence electrons. The molecule has 4 amide bonds. The summed E-state index contributed by atoms with van der Waals surface area (Å²) in [4.78, 5) is 64.1. The zero-order chi connectivity index (χ0) is 41.7. The van der Waals surface area contributed by atoms with Crippen molar-refractivity contribution in [2.24, 2.45) is 5.92 Å². The van der Waals surface area contributed by atoms with Gasteiger partial charge in [0.2, 0.25) is 21.8 Å². The van der Waals surface area contributed by atoms with E-state index in [-0.39, 0.29) is 31.4 Å². The fraction of sp³-hybridized carbons (Fsp3) is 0.659. The van der Waals surface area contributed by atoms with Gasteiger partial charge in [0.15, 0.2) is 0 Å². The highest BCUT2D eigenvalue weighted by molar-refractivity contribution is 7.91. The quantitative estimate of drug-likeness (QED) is 0.286. The molecule has 3 N–H and O–H groups in total. The maximum Gasteiger partial charge on any atom is 0.408 e. The van der Waals surface area contributed by atoms with Gasteiger partial charge >= 0.3 is 6.09 Å². The third-order valence-electron chi connectivity index (χ3n) is 13.9. The second-order valence-corrected chi connectivity index (χ2v) is 20.6. The first kappa shape index (κ1) is 41.3. The molecule has 4 heterocycles. The molecule has 4 fully saturated rings. The fourth-order valence-corrected chi connectivity index (χ4v) is 11.1. The van der Waals surface area contributed by atoms with E-state index in [4.69, 9.17) is 19.2 Å². The molecule has 59 heavy (non-hydrogen) atoms. The van der Waals surface area contributed by atoms with Crippen LogP contribution in [0.4, 0.5) is 4.79 Å². The minimum absolute atomic E-state index is 0.00203. The van der Waals surface area contributed by atoms with Crippen LogP contribution in [0.2, 0.25) is 0 Å². The molecule has 0 radical (unpaired) electrons. The average Bonchev–Trinajstić information content (AvgIpc) is 3.57. The highest BCUT2D eigenvalue weighted by Crippen LogP contribution is 2.48. The molecule has 14 nitrogen and oxygen atoms in total. The van der Waals surface area contributed by atoms with Crippen LogP contribution in [-0.2, 0) is 35.6 Å². The largest absolute Gasteiger partial charge is 0.497 e. The van der Waals surface area contributed by atoms with E-state index in [1.165, 1.54) is 4.90 Å². The smallest absolute Gasteiger partial charge is 0.408 e. The number of carbonyl (C=O) groups is 4. The molecule has 0 bridgehead atoms. The number of sulfonamides is 1. The molecular weight excluding hydrogens is 775 g/mol. The first-order valence-electron chi connectivity index (χ1n) is 21.7. The molecule has 3 aliphatic heterocycles. The van der Waals surface area contributed by atoms with Crippen molar-refractivity contribution in [1.82, 2.24) is 25.2 Å². The van der Waals surface area contributed by atoms with Crippen molar-refractivity contribution in [3.8, 4) is 11.5 Å². The highest BCUT2D eigenvalue weighted by atomic mass is 32.2. The lowest BCUT2D eigenvalue weighted by atomic mass is 9.65. The number of carbonyl (C=O) groups excluding carboxylic acids is 4. The van der Waals surface area contributed by atoms with Crippen LogP contribution in [-0.4, -0.2) is 89.8 Å². The summed E-state index contributed by atoms with van der Waals surface area (Å²) in [6.07, 6.45) is 12.8. The maximum atomic E-state index is 15.0. The van der Waals surface area contributed by atoms with Crippen LogP contribution in [0.5, 0.6) is 11.5 Å². The van der Waals surface area contributed by atoms with Gasteiger partial charge < -0.3 is 29.7 Å². The molecule has 3 saturated carbocycles. The Morgan fingerprint density at radius 1 is 1.02 bits per heavy atom. The average molecular weight is 834 g/mol. The predicted octanol–water partition coefficient (Wildman–Crippen LogP) is 5.85. The lowest BCUT2D eigenvalue weighted by molar-refractivity contribution is -0.144. The number of hydrogen-bond donors (Lipinski definition) is 3. The van der Waals surface area contributed by atoms with Crippen molar-refractivity contribution in [3.63, 3.8) is 0 Å². The van der Waals surface area contributed by atoms with Gasteiger partial charge in [0.05, 0.1) is 29.6 Å². The van der Waals surface area contributed by atoms with Crippen molar-refractivity contribution in [1.29, 1.82) is 0 Å². The van der Waals surface area contributed by atoms with Gasteiger partial charge in [0.25, 0.3) is 5.91 Å². The van der Waals surface area contributed by atoms with Crippen molar-refractivity contribution in [3.05, 3.63) is 41.6 Å². The van der Waals surface area contributed by atoms with E-state index >= 15 is 0 Å². The van der Waals surface area contributed by atoms with E-state index in [0.29, 0.717) is 62.9 Å². The maximum absolute atomic E-state index is 15.0. The Morgan fingerprint density at radius 2 is 1.78 bits per heavy atom. The van der Waals surface area contributed by atoms with Gasteiger partial charge in [0, 0.05) is 23.3 Å². The molecule has 5 atom stereocenters. The van der Waals surface area contributed by atoms with E-state index in [2.05, 4.69) is 29.2 Å². The molecule has 1 spiro atoms. The SMILES string of the molecule is COc1ccc2nc(C(C)C)c3c(c2c1)CC[C@]1(C[C@H]2C(=O)N[C@]4(C(=O)NS(=O)(=O)C5(C)CC5)CC[C@H]4/C=C\CCCCC[C@H](NC(=O)OC4CCCC4)C(=O)N2C1)O3. The molecule has 3 aliphatic carbocycles. The number of nitrogens with zero attached hydrogens (tertiary/aromatic N) is 2. The summed E-state index contributed by atoms with van der Waals surface area (Å²) in [5.74, 6) is -0.873. The summed E-state index contributed by atoms with van der Waals surface area (Å²) < 4.78 is 46.5. The first-order valence-corrected chi connectivity index (χ1v) is 23.2. The zero-order valence-electron chi connectivity index (χ0n) is 34.8. The summed E-state index contributed by atoms with van der Waals surface area (Å²) >= 11 is 0. The van der Waals surface area contributed by atoms with Crippen LogP contribution >= 0.6 is 0 Å². The number of ether oxygens (including phenoxy) is 3. The van der Waals surface area contributed by atoms with Crippen LogP contribution in [0.3, 0.4) is 0 Å². The molecule has 1 aromatic heterocycles. The van der Waals surface area contributed by atoms with Gasteiger partial charge in [-0.05, 0) is 115 Å². The second kappa shape index (κ2) is 15.9. The summed E-state index contributed by atoms with van der Waals surface area (Å²) in [5.41, 5.74) is 0.0530. The van der Waals surface area contributed by atoms with Gasteiger partial charge in [-0.3, -0.25) is 19.1 Å². The first-order chi connectivity index (χ1) is 28.2. The van der Waals surface area contributed by atoms with Gasteiger partial charge in [-0.2, -0.15) is 0 Å². The van der Waals surface area contributed by atoms with E-state index in [1.807, 2.05) is 30.4 Å². The van der Waals surface area contributed by atoms with Crippen molar-refractivity contribution >= 4 is 44.7 Å². The number of fused-ring (bicyclic) bond motifs is 5. The minimum Gasteiger partial charge on any atom is -0.497 e. The fourth-order valence-electron chi connectivity index (χ4n) is 9.76. The molecular formula is C44H59N5O9S. The third kappa shape index (κ3) is 7.88. The number of hydrogen-bond acceptors (Lipinski definition) is 10. The Kier molecular flexibility index (Phi) is 11.1. The Hall–Kier alpha value is -4.40. The van der Waals surface area contributed by atoms with Crippen LogP contribution in [0.15, 0.2) is 30.4 Å². The molecule has 8 rings (SSSR count). The Balaban J connectivity index is 1.16. The number of aryl methyl sites for hydroxylation is 1. The monoisotopic (exact) mass is 833 g/mol. The number of aromatic nitrogens is 1. The lowest BCUT2D eigenvalue weighted by Crippen LogP contribution is -2.70. The Labute approximate surface area is 347 Å². The topological polar surface area (TPSA) is 182 Å². The van der Waals surface area contributed by atoms with Crippen LogP contribution < -0.4 is 24.8 Å². The lowest BCUT2D eigenvalue weighted by Gasteiger charge is -2.48. The van der Waals surface area contributed by atoms with Gasteiger partial charge in [0.1, 0.15) is 40.8 Å². The summed E-state index contributed by atoms with van der Waals surface area (Å²) in [5, 5.41) is 6.84. The van der Waals surface area contributed by atoms with Gasteiger partial charge in [-0.15, -0.1) is 0 Å². The number of allylic oxidation sites excluding steroid dienone is 1. The van der Waals surface area contributed by atoms with E-state index in [0.717, 1.165) is 60.7 Å². The van der Waals surface area contributed by atoms with E-state index in [1.54, 1.807) is 14.0 Å². The molecule has 15 heteroatoms. The van der Waals surface area contributed by atoms with Crippen molar-refractivity contribution in [2.75, 3.05) is 13.7 Å². The molecule has 1 saturated heterocycles. The summed E-state index contributed by atoms with van der Waals surface area (Å²) in [7, 11) is -2.39. The van der Waals surface area contributed by atoms with Gasteiger partial charge in [-0.1, -0.05) is 38.8 Å². The zero-order valence-corrected chi connectivity index (χ0v) is 35.6. The highest BCUT2D eigenvalue weighted by Gasteiger charge is 2.59. The standard InChI is InChI=1S/C44H59N5O9S/c1-27(2)36-37-31(32-24-30(56-4)16-17-33(32)45-36)19-20-43(58-37)25-35-38(50)47-44(40(52)48-59(54,55)42(3)22-23-42)21-18-28(44)12-8-6-5-7-9-15-34(39(51)49(35)26-43)46-41(53)57-29-13-10-11-14-29/h8,12,16-17,24,27-29,34-35H,5-7,9-11,13-15,18-23,25-26H2,1-4H3,(H,46,53)(H,47,50)(H,48,52)/b12-8-/t28-,34+,35+,43-,44-/m1/s1. The summed E-state index contributed by atoms with van der Waals surface area (Å²) in [6.45, 7) is 5.78. The second-order valence-electron chi connectivity index (χ2n) is 18.4. The molecule has 1 aromatic carbocycles. The number of amides is 4. The number of pyridine rings is 1. The Bertz CT molecular complexity index is 2150. The molecule has 0 unspecified atom stereocenters. The number of nitrogens with one attached hydrogen (secondary N) is 3. The van der Waals surface area contributed by atoms with E-state index < -0.39 is 67.7 Å². The summed E-state index contributed by atoms with van der Waals surface area (Å²) in [6, 6.07) is 3.73. The number of alkyl carbamates (subject to hydrolysis) is 1. The predicted molar refractivity (Wildman–Crippen MR) is 220 cm³/mol. The van der Waals surface area contributed by atoms with Crippen LogP contribution in [0, 0.1) is 5.92 Å². The minimum atomic E-state index is -4.01. The third-order valence-corrected chi connectivity index (χ3v) is 16.1. The van der Waals surface area contributed by atoms with Crippen molar-refractivity contribution in [2.45, 2.75) is 163 Å². The van der Waals surface area contributed by atoms with E-state index in [9.17, 15) is 27.6 Å². The number of benzene rings is 1. The number of methoxy groups -OCH3 is 1. The van der Waals surface area contributed by atoms with Crippen LogP contribution in [0.25, 0.3) is 10.9 Å². The molecule has 2 aromatic rings. The van der Waals surface area contributed by atoms with Crippen molar-refractivity contribution < 1.29 is 41.8 Å².